The Hall–Kier alpha value is -0.435. The van der Waals surface area contributed by atoms with Crippen LogP contribution in [-0.2, 0) is 5.31 Å². The molecule has 0 aliphatic rings. The molecule has 1 aromatic heterocycles. The average molecular weight is 185 g/mol. The lowest BCUT2D eigenvalue weighted by molar-refractivity contribution is 0.388. The summed E-state index contributed by atoms with van der Waals surface area (Å²) in [6, 6.07) is 0.165. The lowest BCUT2D eigenvalue weighted by Gasteiger charge is -2.09. The summed E-state index contributed by atoms with van der Waals surface area (Å²) in [5.74, 6) is -0.0128. The molecule has 1 rings (SSSR count). The summed E-state index contributed by atoms with van der Waals surface area (Å²) < 4.78 is 14.6. The molecule has 0 amide bonds. The number of nitrogens with zero attached hydrogens (tertiary/aromatic N) is 3. The third-order valence-corrected chi connectivity index (χ3v) is 1.64. The van der Waals surface area contributed by atoms with Crippen molar-refractivity contribution in [2.24, 2.45) is 0 Å². The highest BCUT2D eigenvalue weighted by Crippen LogP contribution is 2.25. The third-order valence-electron chi connectivity index (χ3n) is 1.38. The monoisotopic (exact) mass is 185 g/mol. The second-order valence-corrected chi connectivity index (χ2v) is 3.75. The van der Waals surface area contributed by atoms with E-state index >= 15 is 0 Å². The van der Waals surface area contributed by atoms with Crippen molar-refractivity contribution in [1.29, 1.82) is 0 Å². The SMILES string of the molecule is [B]C(F)(P)c1ncn(C(C)C)n1. The summed E-state index contributed by atoms with van der Waals surface area (Å²) in [5.41, 5.74) is 0. The fourth-order valence-electron chi connectivity index (χ4n) is 0.699. The van der Waals surface area contributed by atoms with Crippen LogP contribution < -0.4 is 0 Å². The van der Waals surface area contributed by atoms with E-state index in [0.29, 0.717) is 0 Å². The molecule has 0 N–H and O–H groups in total. The second-order valence-electron chi connectivity index (χ2n) is 2.91. The molecule has 2 unspecified atom stereocenters. The Bertz CT molecular complexity index is 268. The number of rotatable bonds is 2. The van der Waals surface area contributed by atoms with E-state index in [-0.39, 0.29) is 11.9 Å². The highest BCUT2D eigenvalue weighted by atomic mass is 31.0. The summed E-state index contributed by atoms with van der Waals surface area (Å²) in [4.78, 5) is 3.74. The highest BCUT2D eigenvalue weighted by molar-refractivity contribution is 7.21. The summed E-state index contributed by atoms with van der Waals surface area (Å²) in [6.45, 7) is 3.86. The molecular formula is C6H10BFN3P. The van der Waals surface area contributed by atoms with E-state index in [2.05, 4.69) is 10.1 Å². The minimum atomic E-state index is -2.03. The van der Waals surface area contributed by atoms with Crippen molar-refractivity contribution in [2.75, 3.05) is 0 Å². The zero-order valence-corrected chi connectivity index (χ0v) is 8.18. The van der Waals surface area contributed by atoms with Crippen LogP contribution in [0.4, 0.5) is 4.39 Å². The molecule has 12 heavy (non-hydrogen) atoms. The molecule has 0 saturated carbocycles. The van der Waals surface area contributed by atoms with Crippen LogP contribution in [0.5, 0.6) is 0 Å². The first-order valence-electron chi connectivity index (χ1n) is 3.59. The molecule has 0 fully saturated rings. The average Bonchev–Trinajstić information content (AvgIpc) is 2.30. The fourth-order valence-corrected chi connectivity index (χ4v) is 0.831. The Morgan fingerprint density at radius 2 is 2.33 bits per heavy atom. The minimum absolute atomic E-state index is 0.0128. The van der Waals surface area contributed by atoms with E-state index in [9.17, 15) is 4.39 Å². The maximum Gasteiger partial charge on any atom is 0.181 e. The number of hydrogen-bond donors (Lipinski definition) is 0. The van der Waals surface area contributed by atoms with Crippen LogP contribution in [0.25, 0.3) is 0 Å². The van der Waals surface area contributed by atoms with Gasteiger partial charge in [-0.25, -0.2) is 9.37 Å². The Morgan fingerprint density at radius 3 is 2.58 bits per heavy atom. The summed E-state index contributed by atoms with van der Waals surface area (Å²) in [7, 11) is 6.98. The van der Waals surface area contributed by atoms with E-state index in [0.717, 1.165) is 0 Å². The first-order chi connectivity index (χ1) is 5.41. The number of aromatic nitrogens is 3. The van der Waals surface area contributed by atoms with E-state index in [1.807, 2.05) is 23.1 Å². The highest BCUT2D eigenvalue weighted by Gasteiger charge is 2.23. The van der Waals surface area contributed by atoms with Gasteiger partial charge < -0.3 is 0 Å². The molecule has 2 radical (unpaired) electrons. The fraction of sp³-hybridized carbons (Fsp3) is 0.667. The first-order valence-corrected chi connectivity index (χ1v) is 4.17. The van der Waals surface area contributed by atoms with Crippen molar-refractivity contribution >= 4 is 17.1 Å². The Balaban J connectivity index is 2.92. The van der Waals surface area contributed by atoms with Gasteiger partial charge in [-0.15, -0.1) is 0 Å². The van der Waals surface area contributed by atoms with Crippen molar-refractivity contribution in [3.8, 4) is 0 Å². The van der Waals surface area contributed by atoms with Gasteiger partial charge in [-0.2, -0.15) is 5.10 Å². The van der Waals surface area contributed by atoms with E-state index in [1.54, 1.807) is 4.68 Å². The quantitative estimate of drug-likeness (QED) is 0.507. The topological polar surface area (TPSA) is 30.7 Å². The minimum Gasteiger partial charge on any atom is -0.250 e. The molecule has 0 saturated heterocycles. The Labute approximate surface area is 74.4 Å². The normalized spacial score (nSPS) is 16.4. The maximum atomic E-state index is 13.0. The van der Waals surface area contributed by atoms with Gasteiger partial charge in [0.2, 0.25) is 0 Å². The molecule has 0 spiro atoms. The van der Waals surface area contributed by atoms with Crippen LogP contribution in [0.3, 0.4) is 0 Å². The van der Waals surface area contributed by atoms with Gasteiger partial charge in [-0.3, -0.25) is 4.68 Å². The lowest BCUT2D eigenvalue weighted by Crippen LogP contribution is -2.13. The summed E-state index contributed by atoms with van der Waals surface area (Å²) in [5, 5.41) is 1.84. The van der Waals surface area contributed by atoms with Gasteiger partial charge >= 0.3 is 0 Å². The molecule has 1 aromatic rings. The van der Waals surface area contributed by atoms with Crippen LogP contribution in [0.2, 0.25) is 0 Å². The first kappa shape index (κ1) is 9.65. The molecule has 2 atom stereocenters. The van der Waals surface area contributed by atoms with Gasteiger partial charge in [0.05, 0.1) is 0 Å². The largest absolute Gasteiger partial charge is 0.250 e. The van der Waals surface area contributed by atoms with Crippen molar-refractivity contribution in [1.82, 2.24) is 14.8 Å². The summed E-state index contributed by atoms with van der Waals surface area (Å²) >= 11 is 0. The van der Waals surface area contributed by atoms with Crippen LogP contribution in [-0.4, -0.2) is 22.6 Å². The van der Waals surface area contributed by atoms with Crippen molar-refractivity contribution in [2.45, 2.75) is 25.2 Å². The Kier molecular flexibility index (Phi) is 2.52. The standard InChI is InChI=1S/C6H10BFN3P/c1-4(2)11-3-9-5(10-11)6(7,8)12/h3-4H,12H2,1-2H3. The molecule has 1 heterocycles. The van der Waals surface area contributed by atoms with Gasteiger partial charge in [-0.1, -0.05) is 9.24 Å². The number of halogens is 1. The Morgan fingerprint density at radius 1 is 1.75 bits per heavy atom. The molecule has 0 aliphatic carbocycles. The smallest absolute Gasteiger partial charge is 0.181 e. The molecule has 3 nitrogen and oxygen atoms in total. The predicted molar refractivity (Wildman–Crippen MR) is 48.7 cm³/mol. The van der Waals surface area contributed by atoms with Crippen molar-refractivity contribution in [3.05, 3.63) is 12.2 Å². The third kappa shape index (κ3) is 2.04. The van der Waals surface area contributed by atoms with Crippen LogP contribution >= 0.6 is 9.24 Å². The van der Waals surface area contributed by atoms with Crippen LogP contribution in [0.15, 0.2) is 6.33 Å². The van der Waals surface area contributed by atoms with E-state index in [1.165, 1.54) is 6.33 Å². The van der Waals surface area contributed by atoms with Crippen molar-refractivity contribution in [3.63, 3.8) is 0 Å². The van der Waals surface area contributed by atoms with Crippen LogP contribution in [0, 0.1) is 0 Å². The molecule has 0 aromatic carbocycles. The zero-order valence-electron chi connectivity index (χ0n) is 7.03. The summed E-state index contributed by atoms with van der Waals surface area (Å²) in [6.07, 6.45) is 1.46. The molecular weight excluding hydrogens is 175 g/mol. The van der Waals surface area contributed by atoms with Gasteiger partial charge in [0.25, 0.3) is 0 Å². The number of hydrogen-bond acceptors (Lipinski definition) is 2. The second kappa shape index (κ2) is 3.13. The van der Waals surface area contributed by atoms with Gasteiger partial charge in [0.15, 0.2) is 5.82 Å². The maximum absolute atomic E-state index is 13.0. The van der Waals surface area contributed by atoms with E-state index < -0.39 is 5.31 Å². The van der Waals surface area contributed by atoms with E-state index in [4.69, 9.17) is 7.85 Å². The predicted octanol–water partition coefficient (Wildman–Crippen LogP) is 0.982. The van der Waals surface area contributed by atoms with Crippen molar-refractivity contribution < 1.29 is 4.39 Å². The molecule has 6 heteroatoms. The number of alkyl halides is 1. The van der Waals surface area contributed by atoms with Gasteiger partial charge in [-0.05, 0) is 13.8 Å². The molecule has 0 aliphatic heterocycles. The van der Waals surface area contributed by atoms with Gasteiger partial charge in [0.1, 0.15) is 19.5 Å². The molecule has 64 valence electrons. The van der Waals surface area contributed by atoms with Crippen LogP contribution in [0.1, 0.15) is 25.7 Å². The zero-order chi connectivity index (χ0) is 9.35. The van der Waals surface area contributed by atoms with Gasteiger partial charge in [0, 0.05) is 6.04 Å². The lowest BCUT2D eigenvalue weighted by atomic mass is 10.0. The molecule has 0 bridgehead atoms.